The van der Waals surface area contributed by atoms with Crippen molar-refractivity contribution < 1.29 is 0 Å². The van der Waals surface area contributed by atoms with Gasteiger partial charge in [0.05, 0.1) is 6.04 Å². The normalized spacial score (nSPS) is 24.1. The van der Waals surface area contributed by atoms with Gasteiger partial charge in [-0.1, -0.05) is 0 Å². The summed E-state index contributed by atoms with van der Waals surface area (Å²) in [5.74, 6) is 0. The molecule has 0 N–H and O–H groups in total. The van der Waals surface area contributed by atoms with Crippen molar-refractivity contribution in [3.63, 3.8) is 0 Å². The van der Waals surface area contributed by atoms with Gasteiger partial charge in [0, 0.05) is 19.8 Å². The first-order chi connectivity index (χ1) is 4.13. The van der Waals surface area contributed by atoms with Gasteiger partial charge in [0.1, 0.15) is 0 Å². The van der Waals surface area contributed by atoms with Gasteiger partial charge >= 0.3 is 0 Å². The van der Waals surface area contributed by atoms with Crippen LogP contribution in [0.1, 0.15) is 0 Å². The fourth-order valence-corrected chi connectivity index (χ4v) is 0.941. The molecule has 0 aliphatic heterocycles. The van der Waals surface area contributed by atoms with E-state index >= 15 is 0 Å². The Kier molecular flexibility index (Phi) is 1.49. The predicted octanol–water partition coefficient (Wildman–Crippen LogP) is 0.376. The average molecular weight is 126 g/mol. The second kappa shape index (κ2) is 2.03. The lowest BCUT2D eigenvalue weighted by Gasteiger charge is -2.14. The van der Waals surface area contributed by atoms with Crippen molar-refractivity contribution in [3.05, 3.63) is 11.8 Å². The van der Waals surface area contributed by atoms with Gasteiger partial charge in [-0.15, -0.1) is 0 Å². The van der Waals surface area contributed by atoms with E-state index in [1.54, 1.807) is 0 Å². The molecule has 1 unspecified atom stereocenters. The molecule has 0 radical (unpaired) electrons. The van der Waals surface area contributed by atoms with Gasteiger partial charge in [0.15, 0.2) is 0 Å². The molecule has 2 heteroatoms. The molecule has 1 atom stereocenters. The second-order valence-electron chi connectivity index (χ2n) is 2.89. The first kappa shape index (κ1) is 6.62. The van der Waals surface area contributed by atoms with Gasteiger partial charge in [0.2, 0.25) is 0 Å². The molecule has 0 spiro atoms. The van der Waals surface area contributed by atoms with Crippen LogP contribution in [0.3, 0.4) is 0 Å². The summed E-state index contributed by atoms with van der Waals surface area (Å²) in [5.41, 5.74) is 1.43. The van der Waals surface area contributed by atoms with Crippen molar-refractivity contribution >= 4 is 0 Å². The van der Waals surface area contributed by atoms with Gasteiger partial charge in [0.25, 0.3) is 0 Å². The molecule has 1 rings (SSSR count). The predicted molar refractivity (Wildman–Crippen MR) is 39.2 cm³/mol. The minimum absolute atomic E-state index is 0.611. The quantitative estimate of drug-likeness (QED) is 0.527. The molecule has 0 aromatic carbocycles. The molecule has 1 aliphatic carbocycles. The molecule has 0 heterocycles. The SMILES string of the molecule is CN(C)C1=CC1N(C)C. The summed E-state index contributed by atoms with van der Waals surface area (Å²) < 4.78 is 0. The lowest BCUT2D eigenvalue weighted by Crippen LogP contribution is -2.21. The van der Waals surface area contributed by atoms with E-state index in [0.29, 0.717) is 6.04 Å². The Hall–Kier alpha value is -0.500. The molecular weight excluding hydrogens is 112 g/mol. The van der Waals surface area contributed by atoms with Crippen LogP contribution in [0.2, 0.25) is 0 Å². The minimum Gasteiger partial charge on any atom is -0.380 e. The summed E-state index contributed by atoms with van der Waals surface area (Å²) in [6.45, 7) is 0. The highest BCUT2D eigenvalue weighted by Crippen LogP contribution is 2.25. The summed E-state index contributed by atoms with van der Waals surface area (Å²) in [7, 11) is 8.35. The second-order valence-corrected chi connectivity index (χ2v) is 2.89. The Morgan fingerprint density at radius 1 is 1.22 bits per heavy atom. The van der Waals surface area contributed by atoms with E-state index in [9.17, 15) is 0 Å². The van der Waals surface area contributed by atoms with E-state index in [1.807, 2.05) is 0 Å². The van der Waals surface area contributed by atoms with Crippen LogP contribution in [-0.2, 0) is 0 Å². The number of hydrogen-bond acceptors (Lipinski definition) is 2. The van der Waals surface area contributed by atoms with Crippen LogP contribution in [0.4, 0.5) is 0 Å². The van der Waals surface area contributed by atoms with Crippen molar-refractivity contribution in [3.8, 4) is 0 Å². The highest BCUT2D eigenvalue weighted by molar-refractivity contribution is 5.32. The molecule has 1 aliphatic rings. The molecule has 0 fully saturated rings. The van der Waals surface area contributed by atoms with Crippen molar-refractivity contribution in [2.24, 2.45) is 0 Å². The number of rotatable bonds is 2. The maximum Gasteiger partial charge on any atom is 0.0695 e. The van der Waals surface area contributed by atoms with E-state index in [2.05, 4.69) is 44.1 Å². The minimum atomic E-state index is 0.611. The third-order valence-electron chi connectivity index (χ3n) is 1.60. The van der Waals surface area contributed by atoms with Crippen LogP contribution < -0.4 is 0 Å². The van der Waals surface area contributed by atoms with E-state index < -0.39 is 0 Å². The molecule has 0 aromatic heterocycles. The van der Waals surface area contributed by atoms with E-state index in [1.165, 1.54) is 5.70 Å². The lowest BCUT2D eigenvalue weighted by molar-refractivity contribution is 0.375. The molecule has 0 bridgehead atoms. The topological polar surface area (TPSA) is 6.48 Å². The van der Waals surface area contributed by atoms with E-state index in [0.717, 1.165) is 0 Å². The van der Waals surface area contributed by atoms with Gasteiger partial charge in [-0.25, -0.2) is 0 Å². The van der Waals surface area contributed by atoms with Crippen molar-refractivity contribution in [1.29, 1.82) is 0 Å². The summed E-state index contributed by atoms with van der Waals surface area (Å²) in [6, 6.07) is 0.611. The van der Waals surface area contributed by atoms with Crippen LogP contribution in [0.15, 0.2) is 11.8 Å². The van der Waals surface area contributed by atoms with Gasteiger partial charge < -0.3 is 4.90 Å². The Labute approximate surface area is 56.8 Å². The van der Waals surface area contributed by atoms with Gasteiger partial charge in [-0.3, -0.25) is 4.90 Å². The van der Waals surface area contributed by atoms with E-state index in [-0.39, 0.29) is 0 Å². The van der Waals surface area contributed by atoms with Gasteiger partial charge in [-0.05, 0) is 20.2 Å². The Balaban J connectivity index is 2.31. The van der Waals surface area contributed by atoms with Crippen LogP contribution in [0.25, 0.3) is 0 Å². The summed E-state index contributed by atoms with van der Waals surface area (Å²) >= 11 is 0. The van der Waals surface area contributed by atoms with Crippen LogP contribution in [0.5, 0.6) is 0 Å². The van der Waals surface area contributed by atoms with Crippen LogP contribution in [-0.4, -0.2) is 44.0 Å². The molecule has 0 amide bonds. The first-order valence-electron chi connectivity index (χ1n) is 3.18. The number of hydrogen-bond donors (Lipinski definition) is 0. The zero-order valence-electron chi connectivity index (χ0n) is 6.55. The molecule has 52 valence electrons. The lowest BCUT2D eigenvalue weighted by atomic mass is 10.5. The molecule has 0 aromatic rings. The zero-order chi connectivity index (χ0) is 7.02. The summed E-state index contributed by atoms with van der Waals surface area (Å²) in [6.07, 6.45) is 2.25. The van der Waals surface area contributed by atoms with Crippen LogP contribution in [0, 0.1) is 0 Å². The molecule has 0 saturated heterocycles. The molecule has 9 heavy (non-hydrogen) atoms. The summed E-state index contributed by atoms with van der Waals surface area (Å²) in [4.78, 5) is 4.36. The monoisotopic (exact) mass is 126 g/mol. The average Bonchev–Trinajstić information content (AvgIpc) is 2.39. The molecular formula is C7H14N2. The Morgan fingerprint density at radius 3 is 1.89 bits per heavy atom. The number of nitrogens with zero attached hydrogens (tertiary/aromatic N) is 2. The van der Waals surface area contributed by atoms with Crippen molar-refractivity contribution in [1.82, 2.24) is 9.80 Å². The summed E-state index contributed by atoms with van der Waals surface area (Å²) in [5, 5.41) is 0. The maximum atomic E-state index is 2.25. The Bertz CT molecular complexity index is 136. The van der Waals surface area contributed by atoms with Crippen molar-refractivity contribution in [2.75, 3.05) is 28.2 Å². The van der Waals surface area contributed by atoms with Crippen molar-refractivity contribution in [2.45, 2.75) is 6.04 Å². The largest absolute Gasteiger partial charge is 0.380 e. The standard InChI is InChI=1S/C7H14N2/c1-8(2)6-5-7(6)9(3)4/h5-6H,1-4H3. The van der Waals surface area contributed by atoms with Crippen LogP contribution >= 0.6 is 0 Å². The first-order valence-corrected chi connectivity index (χ1v) is 3.18. The van der Waals surface area contributed by atoms with E-state index in [4.69, 9.17) is 0 Å². The third kappa shape index (κ3) is 1.24. The fraction of sp³-hybridized carbons (Fsp3) is 0.714. The zero-order valence-corrected chi connectivity index (χ0v) is 6.55. The number of likely N-dealkylation sites (N-methyl/N-ethyl adjacent to an activating group) is 2. The molecule has 0 saturated carbocycles. The Morgan fingerprint density at radius 2 is 1.78 bits per heavy atom. The highest BCUT2D eigenvalue weighted by atomic mass is 15.2. The molecule has 2 nitrogen and oxygen atoms in total. The third-order valence-corrected chi connectivity index (χ3v) is 1.60. The smallest absolute Gasteiger partial charge is 0.0695 e. The fourth-order valence-electron chi connectivity index (χ4n) is 0.941. The highest BCUT2D eigenvalue weighted by Gasteiger charge is 2.27. The van der Waals surface area contributed by atoms with Gasteiger partial charge in [-0.2, -0.15) is 0 Å². The maximum absolute atomic E-state index is 2.25.